The van der Waals surface area contributed by atoms with Gasteiger partial charge in [0.05, 0.1) is 6.54 Å². The minimum Gasteiger partial charge on any atom is -0.375 e. The van der Waals surface area contributed by atoms with E-state index in [0.29, 0.717) is 11.7 Å². The summed E-state index contributed by atoms with van der Waals surface area (Å²) in [5, 5.41) is 0.549. The molecule has 0 saturated heterocycles. The zero-order valence-corrected chi connectivity index (χ0v) is 11.0. The maximum absolute atomic E-state index is 10.9. The van der Waals surface area contributed by atoms with E-state index >= 15 is 0 Å². The van der Waals surface area contributed by atoms with E-state index in [1.165, 1.54) is 11.3 Å². The molecule has 0 aliphatic carbocycles. The third kappa shape index (κ3) is 4.78. The number of thiazole rings is 1. The fraction of sp³-hybridized carbons (Fsp3) is 0.556. The molecule has 0 radical (unpaired) electrons. The van der Waals surface area contributed by atoms with Crippen molar-refractivity contribution in [1.29, 1.82) is 0 Å². The van der Waals surface area contributed by atoms with Crippen LogP contribution in [0, 0.1) is 0 Å². The topological polar surface area (TPSA) is 85.2 Å². The molecule has 0 aliphatic rings. The third-order valence-corrected chi connectivity index (χ3v) is 2.83. The summed E-state index contributed by atoms with van der Waals surface area (Å²) in [6, 6.07) is 0.265. The van der Waals surface area contributed by atoms with E-state index in [-0.39, 0.29) is 30.9 Å². The van der Waals surface area contributed by atoms with E-state index in [4.69, 9.17) is 11.5 Å². The van der Waals surface area contributed by atoms with Crippen molar-refractivity contribution in [3.05, 3.63) is 11.1 Å². The standard InChI is InChI=1S/C9H16N4OS.ClH/c1-6(2)13(5-8(10)14)4-7-3-12-9(11)15-7;/h3,6H,4-5H2,1-2H3,(H2,10,14)(H2,11,12);1H. The second-order valence-corrected chi connectivity index (χ2v) is 4.78. The van der Waals surface area contributed by atoms with Crippen LogP contribution in [-0.2, 0) is 11.3 Å². The number of hydrogen-bond acceptors (Lipinski definition) is 5. The van der Waals surface area contributed by atoms with Gasteiger partial charge in [-0.15, -0.1) is 23.7 Å². The molecule has 0 aromatic carbocycles. The number of primary amides is 1. The first-order valence-electron chi connectivity index (χ1n) is 4.71. The number of anilines is 1. The summed E-state index contributed by atoms with van der Waals surface area (Å²) in [4.78, 5) is 17.8. The van der Waals surface area contributed by atoms with Crippen LogP contribution in [0.3, 0.4) is 0 Å². The largest absolute Gasteiger partial charge is 0.375 e. The fourth-order valence-corrected chi connectivity index (χ4v) is 1.93. The average molecular weight is 265 g/mol. The molecule has 16 heavy (non-hydrogen) atoms. The smallest absolute Gasteiger partial charge is 0.231 e. The lowest BCUT2D eigenvalue weighted by molar-refractivity contribution is -0.119. The Morgan fingerprint density at radius 3 is 2.62 bits per heavy atom. The summed E-state index contributed by atoms with van der Waals surface area (Å²) in [6.07, 6.45) is 1.73. The molecule has 5 nitrogen and oxygen atoms in total. The maximum atomic E-state index is 10.9. The molecule has 1 heterocycles. The normalized spacial score (nSPS) is 10.5. The van der Waals surface area contributed by atoms with Crippen molar-refractivity contribution in [2.75, 3.05) is 12.3 Å². The van der Waals surface area contributed by atoms with Gasteiger partial charge in [0.25, 0.3) is 0 Å². The van der Waals surface area contributed by atoms with Crippen molar-refractivity contribution < 1.29 is 4.79 Å². The number of halogens is 1. The van der Waals surface area contributed by atoms with Gasteiger partial charge in [-0.1, -0.05) is 0 Å². The van der Waals surface area contributed by atoms with Crippen molar-refractivity contribution >= 4 is 34.8 Å². The SMILES string of the molecule is CC(C)N(CC(N)=O)Cc1cnc(N)s1.Cl. The van der Waals surface area contributed by atoms with Gasteiger partial charge in [-0.05, 0) is 13.8 Å². The predicted molar refractivity (Wildman–Crippen MR) is 68.5 cm³/mol. The minimum atomic E-state index is -0.318. The van der Waals surface area contributed by atoms with E-state index in [2.05, 4.69) is 4.98 Å². The Morgan fingerprint density at radius 1 is 1.62 bits per heavy atom. The van der Waals surface area contributed by atoms with E-state index in [0.717, 1.165) is 4.88 Å². The Labute approximate surface area is 105 Å². The van der Waals surface area contributed by atoms with E-state index < -0.39 is 0 Å². The molecule has 4 N–H and O–H groups in total. The molecule has 0 saturated carbocycles. The summed E-state index contributed by atoms with van der Waals surface area (Å²) >= 11 is 1.43. The van der Waals surface area contributed by atoms with Gasteiger partial charge < -0.3 is 11.5 Å². The van der Waals surface area contributed by atoms with Crippen molar-refractivity contribution in [1.82, 2.24) is 9.88 Å². The number of aromatic nitrogens is 1. The fourth-order valence-electron chi connectivity index (χ4n) is 1.22. The lowest BCUT2D eigenvalue weighted by Crippen LogP contribution is -2.37. The second-order valence-electron chi connectivity index (χ2n) is 3.63. The lowest BCUT2D eigenvalue weighted by atomic mass is 10.3. The van der Waals surface area contributed by atoms with E-state index in [1.54, 1.807) is 6.20 Å². The van der Waals surface area contributed by atoms with Gasteiger partial charge in [-0.2, -0.15) is 0 Å². The molecule has 1 aromatic rings. The van der Waals surface area contributed by atoms with Gasteiger partial charge in [0.1, 0.15) is 0 Å². The van der Waals surface area contributed by atoms with Crippen LogP contribution in [0.4, 0.5) is 5.13 Å². The highest BCUT2D eigenvalue weighted by Gasteiger charge is 2.13. The molecule has 1 aromatic heterocycles. The molecule has 0 bridgehead atoms. The Morgan fingerprint density at radius 2 is 2.25 bits per heavy atom. The Kier molecular flexibility index (Phi) is 6.32. The third-order valence-electron chi connectivity index (χ3n) is 2.02. The van der Waals surface area contributed by atoms with Gasteiger partial charge in [-0.3, -0.25) is 9.69 Å². The highest BCUT2D eigenvalue weighted by atomic mass is 35.5. The number of carbonyl (C=O) groups is 1. The number of nitrogens with two attached hydrogens (primary N) is 2. The summed E-state index contributed by atoms with van der Waals surface area (Å²) in [5.74, 6) is -0.318. The molecule has 0 atom stereocenters. The van der Waals surface area contributed by atoms with Crippen LogP contribution in [0.25, 0.3) is 0 Å². The summed E-state index contributed by atoms with van der Waals surface area (Å²) in [7, 11) is 0. The molecule has 7 heteroatoms. The molecule has 0 spiro atoms. The number of carbonyl (C=O) groups excluding carboxylic acids is 1. The number of amides is 1. The van der Waals surface area contributed by atoms with E-state index in [9.17, 15) is 4.79 Å². The van der Waals surface area contributed by atoms with Gasteiger partial charge in [0.2, 0.25) is 5.91 Å². The summed E-state index contributed by atoms with van der Waals surface area (Å²) < 4.78 is 0. The Balaban J connectivity index is 0.00000225. The van der Waals surface area contributed by atoms with Crippen molar-refractivity contribution in [2.24, 2.45) is 5.73 Å². The average Bonchev–Trinajstić information content (AvgIpc) is 2.49. The van der Waals surface area contributed by atoms with Crippen LogP contribution >= 0.6 is 23.7 Å². The van der Waals surface area contributed by atoms with Gasteiger partial charge in [0.15, 0.2) is 5.13 Å². The van der Waals surface area contributed by atoms with Crippen LogP contribution in [-0.4, -0.2) is 28.4 Å². The molecule has 0 fully saturated rings. The highest BCUT2D eigenvalue weighted by Crippen LogP contribution is 2.17. The molecular formula is C9H17ClN4OS. The van der Waals surface area contributed by atoms with Crippen LogP contribution in [0.1, 0.15) is 18.7 Å². The zero-order chi connectivity index (χ0) is 11.4. The molecule has 0 unspecified atom stereocenters. The van der Waals surface area contributed by atoms with Crippen molar-refractivity contribution in [3.8, 4) is 0 Å². The molecule has 92 valence electrons. The monoisotopic (exact) mass is 264 g/mol. The number of nitrogen functional groups attached to an aromatic ring is 1. The Bertz CT molecular complexity index is 342. The van der Waals surface area contributed by atoms with E-state index in [1.807, 2.05) is 18.7 Å². The van der Waals surface area contributed by atoms with Crippen LogP contribution in [0.5, 0.6) is 0 Å². The first-order valence-corrected chi connectivity index (χ1v) is 5.53. The highest BCUT2D eigenvalue weighted by molar-refractivity contribution is 7.15. The zero-order valence-electron chi connectivity index (χ0n) is 9.34. The van der Waals surface area contributed by atoms with Crippen LogP contribution < -0.4 is 11.5 Å². The predicted octanol–water partition coefficient (Wildman–Crippen LogP) is 0.843. The van der Waals surface area contributed by atoms with Crippen molar-refractivity contribution in [3.63, 3.8) is 0 Å². The molecular weight excluding hydrogens is 248 g/mol. The van der Waals surface area contributed by atoms with Crippen LogP contribution in [0.2, 0.25) is 0 Å². The number of rotatable bonds is 5. The second kappa shape index (κ2) is 6.67. The Hall–Kier alpha value is -0.850. The lowest BCUT2D eigenvalue weighted by Gasteiger charge is -2.23. The van der Waals surface area contributed by atoms with Crippen molar-refractivity contribution in [2.45, 2.75) is 26.4 Å². The number of nitrogens with zero attached hydrogens (tertiary/aromatic N) is 2. The van der Waals surface area contributed by atoms with Gasteiger partial charge >= 0.3 is 0 Å². The summed E-state index contributed by atoms with van der Waals surface area (Å²) in [6.45, 7) is 4.96. The summed E-state index contributed by atoms with van der Waals surface area (Å²) in [5.41, 5.74) is 10.7. The molecule has 1 amide bonds. The minimum absolute atomic E-state index is 0. The quantitative estimate of drug-likeness (QED) is 0.825. The van der Waals surface area contributed by atoms with Crippen LogP contribution in [0.15, 0.2) is 6.20 Å². The molecule has 0 aliphatic heterocycles. The first kappa shape index (κ1) is 15.2. The van der Waals surface area contributed by atoms with Gasteiger partial charge in [0, 0.05) is 23.7 Å². The number of hydrogen-bond donors (Lipinski definition) is 2. The maximum Gasteiger partial charge on any atom is 0.231 e. The van der Waals surface area contributed by atoms with Gasteiger partial charge in [-0.25, -0.2) is 4.98 Å². The molecule has 1 rings (SSSR count). The first-order chi connectivity index (χ1) is 6.99.